The van der Waals surface area contributed by atoms with Gasteiger partial charge in [0.1, 0.15) is 12.1 Å². The molecule has 6 nitrogen and oxygen atoms in total. The number of carbonyl (C=O) groups is 1. The topological polar surface area (TPSA) is 79.0 Å². The molecular formula is C18H18N4O2. The van der Waals surface area contributed by atoms with Gasteiger partial charge in [0.2, 0.25) is 11.3 Å². The Morgan fingerprint density at radius 2 is 2.12 bits per heavy atom. The molecule has 0 unspecified atom stereocenters. The lowest BCUT2D eigenvalue weighted by molar-refractivity contribution is -0.140. The quantitative estimate of drug-likeness (QED) is 0.860. The fraction of sp³-hybridized carbons (Fsp3) is 0.444. The Morgan fingerprint density at radius 3 is 2.75 bits per heavy atom. The van der Waals surface area contributed by atoms with Crippen LogP contribution in [0.3, 0.4) is 0 Å². The van der Waals surface area contributed by atoms with E-state index in [1.165, 1.54) is 6.20 Å². The van der Waals surface area contributed by atoms with Gasteiger partial charge in [-0.15, -0.1) is 0 Å². The monoisotopic (exact) mass is 322 g/mol. The Labute approximate surface area is 139 Å². The van der Waals surface area contributed by atoms with Crippen LogP contribution in [-0.4, -0.2) is 32.2 Å². The molecular weight excluding hydrogens is 304 g/mol. The van der Waals surface area contributed by atoms with E-state index in [1.807, 2.05) is 6.07 Å². The molecule has 2 aromatic rings. The highest BCUT2D eigenvalue weighted by Crippen LogP contribution is 2.43. The summed E-state index contributed by atoms with van der Waals surface area (Å²) in [6.45, 7) is 0.0563. The third-order valence-electron chi connectivity index (χ3n) is 5.08. The highest BCUT2D eigenvalue weighted by molar-refractivity contribution is 5.82. The second-order valence-corrected chi connectivity index (χ2v) is 6.68. The molecule has 2 aliphatic rings. The first kappa shape index (κ1) is 14.9. The number of hydrogen-bond acceptors (Lipinski definition) is 4. The van der Waals surface area contributed by atoms with E-state index in [4.69, 9.17) is 0 Å². The first-order valence-electron chi connectivity index (χ1n) is 8.33. The van der Waals surface area contributed by atoms with E-state index in [9.17, 15) is 14.9 Å². The predicted molar refractivity (Wildman–Crippen MR) is 88.1 cm³/mol. The van der Waals surface area contributed by atoms with Crippen molar-refractivity contribution in [1.29, 1.82) is 5.26 Å². The lowest BCUT2D eigenvalue weighted by atomic mass is 9.76. The van der Waals surface area contributed by atoms with Crippen molar-refractivity contribution in [3.05, 3.63) is 40.7 Å². The third kappa shape index (κ3) is 2.28. The van der Waals surface area contributed by atoms with Gasteiger partial charge < -0.3 is 4.90 Å². The fourth-order valence-corrected chi connectivity index (χ4v) is 3.53. The average Bonchev–Trinajstić information content (AvgIpc) is 3.38. The predicted octanol–water partition coefficient (Wildman–Crippen LogP) is 1.83. The molecule has 0 bridgehead atoms. The summed E-state index contributed by atoms with van der Waals surface area (Å²) < 4.78 is 1.57. The van der Waals surface area contributed by atoms with Gasteiger partial charge in [-0.05, 0) is 44.2 Å². The zero-order valence-electron chi connectivity index (χ0n) is 13.3. The van der Waals surface area contributed by atoms with Gasteiger partial charge in [0, 0.05) is 11.4 Å². The Kier molecular flexibility index (Phi) is 3.38. The summed E-state index contributed by atoms with van der Waals surface area (Å²) in [6.07, 6.45) is 5.68. The second kappa shape index (κ2) is 5.45. The molecule has 122 valence electrons. The Balaban J connectivity index is 1.68. The van der Waals surface area contributed by atoms with Crippen LogP contribution < -0.4 is 5.43 Å². The molecule has 1 amide bonds. The summed E-state index contributed by atoms with van der Waals surface area (Å²) in [5.74, 6) is -0.0833. The fourth-order valence-electron chi connectivity index (χ4n) is 3.53. The van der Waals surface area contributed by atoms with Crippen LogP contribution in [0.4, 0.5) is 0 Å². The molecule has 6 heteroatoms. The number of hydrogen-bond donors (Lipinski definition) is 0. The summed E-state index contributed by atoms with van der Waals surface area (Å²) in [5, 5.41) is 14.3. The van der Waals surface area contributed by atoms with Crippen molar-refractivity contribution in [2.45, 2.75) is 50.2 Å². The van der Waals surface area contributed by atoms with E-state index in [0.717, 1.165) is 32.1 Å². The first-order valence-corrected chi connectivity index (χ1v) is 8.33. The van der Waals surface area contributed by atoms with Crippen molar-refractivity contribution < 1.29 is 4.79 Å². The number of rotatable bonds is 4. The van der Waals surface area contributed by atoms with E-state index >= 15 is 0 Å². The Bertz CT molecular complexity index is 903. The highest BCUT2D eigenvalue weighted by Gasteiger charge is 2.50. The molecule has 2 saturated carbocycles. The van der Waals surface area contributed by atoms with Crippen molar-refractivity contribution in [3.63, 3.8) is 0 Å². The zero-order chi connectivity index (χ0) is 16.7. The van der Waals surface area contributed by atoms with Gasteiger partial charge in [-0.1, -0.05) is 12.1 Å². The van der Waals surface area contributed by atoms with E-state index in [0.29, 0.717) is 10.9 Å². The van der Waals surface area contributed by atoms with Gasteiger partial charge in [-0.3, -0.25) is 14.3 Å². The van der Waals surface area contributed by atoms with Crippen molar-refractivity contribution in [2.24, 2.45) is 0 Å². The molecule has 0 N–H and O–H groups in total. The molecule has 0 atom stereocenters. The summed E-state index contributed by atoms with van der Waals surface area (Å²) in [6, 6.07) is 9.71. The molecule has 0 radical (unpaired) electrons. The molecule has 2 aliphatic carbocycles. The van der Waals surface area contributed by atoms with Gasteiger partial charge in [0.25, 0.3) is 0 Å². The minimum absolute atomic E-state index is 0.0563. The van der Waals surface area contributed by atoms with Crippen LogP contribution in [0.5, 0.6) is 0 Å². The van der Waals surface area contributed by atoms with Gasteiger partial charge in [-0.2, -0.15) is 10.4 Å². The summed E-state index contributed by atoms with van der Waals surface area (Å²) >= 11 is 0. The minimum atomic E-state index is -0.632. The Morgan fingerprint density at radius 1 is 1.38 bits per heavy atom. The van der Waals surface area contributed by atoms with Crippen LogP contribution in [0, 0.1) is 11.3 Å². The molecule has 1 aromatic heterocycles. The summed E-state index contributed by atoms with van der Waals surface area (Å²) in [4.78, 5) is 26.7. The Hall–Kier alpha value is -2.68. The van der Waals surface area contributed by atoms with Crippen molar-refractivity contribution >= 4 is 16.8 Å². The van der Waals surface area contributed by atoms with E-state index in [-0.39, 0.29) is 23.9 Å². The third-order valence-corrected chi connectivity index (χ3v) is 5.08. The lowest BCUT2D eigenvalue weighted by Crippen LogP contribution is -2.57. The van der Waals surface area contributed by atoms with Gasteiger partial charge >= 0.3 is 0 Å². The van der Waals surface area contributed by atoms with Crippen LogP contribution in [0.2, 0.25) is 0 Å². The maximum absolute atomic E-state index is 13.0. The summed E-state index contributed by atoms with van der Waals surface area (Å²) in [5.41, 5.74) is -0.137. The molecule has 2 fully saturated rings. The van der Waals surface area contributed by atoms with E-state index < -0.39 is 5.54 Å². The van der Waals surface area contributed by atoms with Crippen LogP contribution in [-0.2, 0) is 11.3 Å². The molecule has 4 rings (SSSR count). The van der Waals surface area contributed by atoms with Gasteiger partial charge in [-0.25, -0.2) is 0 Å². The largest absolute Gasteiger partial charge is 0.319 e. The number of amides is 1. The van der Waals surface area contributed by atoms with E-state index in [1.54, 1.807) is 27.8 Å². The normalized spacial score (nSPS) is 18.6. The standard InChI is InChI=1S/C18H18N4O2/c19-12-18(8-3-9-18)22(13-6-7-13)17(24)11-21-15-5-2-1-4-14(15)16(23)10-20-21/h1-2,4-5,10,13H,3,6-9,11H2. The maximum Gasteiger partial charge on any atom is 0.245 e. The molecule has 0 aliphatic heterocycles. The number of fused-ring (bicyclic) bond motifs is 1. The van der Waals surface area contributed by atoms with Crippen molar-refractivity contribution in [1.82, 2.24) is 14.7 Å². The van der Waals surface area contributed by atoms with E-state index in [2.05, 4.69) is 11.2 Å². The highest BCUT2D eigenvalue weighted by atomic mass is 16.2. The molecule has 24 heavy (non-hydrogen) atoms. The number of nitriles is 1. The number of benzene rings is 1. The van der Waals surface area contributed by atoms with Gasteiger partial charge in [0.15, 0.2) is 0 Å². The van der Waals surface area contributed by atoms with Crippen LogP contribution in [0.25, 0.3) is 10.9 Å². The SMILES string of the molecule is N#CC1(N(C(=O)Cn2ncc(=O)c3ccccc32)C2CC2)CCC1. The minimum Gasteiger partial charge on any atom is -0.319 e. The molecule has 1 aromatic carbocycles. The van der Waals surface area contributed by atoms with Crippen LogP contribution >= 0.6 is 0 Å². The number of aromatic nitrogens is 2. The number of carbonyl (C=O) groups excluding carboxylic acids is 1. The molecule has 0 saturated heterocycles. The second-order valence-electron chi connectivity index (χ2n) is 6.68. The first-order chi connectivity index (χ1) is 11.6. The number of nitrogens with zero attached hydrogens (tertiary/aromatic N) is 4. The molecule has 0 spiro atoms. The number of para-hydroxylation sites is 1. The zero-order valence-corrected chi connectivity index (χ0v) is 13.3. The van der Waals surface area contributed by atoms with Crippen molar-refractivity contribution in [3.8, 4) is 6.07 Å². The van der Waals surface area contributed by atoms with Crippen LogP contribution in [0.15, 0.2) is 35.3 Å². The smallest absolute Gasteiger partial charge is 0.245 e. The summed E-state index contributed by atoms with van der Waals surface area (Å²) in [7, 11) is 0. The van der Waals surface area contributed by atoms with Crippen LogP contribution in [0.1, 0.15) is 32.1 Å². The molecule has 1 heterocycles. The maximum atomic E-state index is 13.0. The van der Waals surface area contributed by atoms with Crippen molar-refractivity contribution in [2.75, 3.05) is 0 Å². The van der Waals surface area contributed by atoms with Gasteiger partial charge in [0.05, 0.1) is 17.8 Å². The lowest BCUT2D eigenvalue weighted by Gasteiger charge is -2.45. The average molecular weight is 322 g/mol.